The maximum atomic E-state index is 12.2. The molecular weight excluding hydrogens is 402 g/mol. The Morgan fingerprint density at radius 2 is 1.90 bits per heavy atom. The first-order chi connectivity index (χ1) is 13.8. The van der Waals surface area contributed by atoms with E-state index in [4.69, 9.17) is 21.1 Å². The molecule has 0 saturated carbocycles. The van der Waals surface area contributed by atoms with Crippen molar-refractivity contribution in [1.82, 2.24) is 10.6 Å². The van der Waals surface area contributed by atoms with Gasteiger partial charge in [-0.05, 0) is 36.8 Å². The lowest BCUT2D eigenvalue weighted by atomic mass is 10.1. The minimum Gasteiger partial charge on any atom is -0.486 e. The lowest BCUT2D eigenvalue weighted by Gasteiger charge is -2.21. The second kappa shape index (κ2) is 8.78. The third-order valence-corrected chi connectivity index (χ3v) is 4.58. The van der Waals surface area contributed by atoms with Crippen LogP contribution in [0.25, 0.3) is 0 Å². The summed E-state index contributed by atoms with van der Waals surface area (Å²) in [4.78, 5) is 34.6. The molecule has 0 saturated heterocycles. The third kappa shape index (κ3) is 4.94. The molecule has 0 radical (unpaired) electrons. The SMILES string of the molecule is CC(NC(=O)CNC(=O)c1ccc(Cl)c([N+](=O)[O-])c1)c1ccc2c(c1)OCCO2. The number of ether oxygens (including phenoxy) is 2. The van der Waals surface area contributed by atoms with Crippen LogP contribution in [0.5, 0.6) is 11.5 Å². The summed E-state index contributed by atoms with van der Waals surface area (Å²) in [6.07, 6.45) is 0. The van der Waals surface area contributed by atoms with Crippen molar-refractivity contribution in [1.29, 1.82) is 0 Å². The topological polar surface area (TPSA) is 120 Å². The highest BCUT2D eigenvalue weighted by molar-refractivity contribution is 6.32. The zero-order valence-electron chi connectivity index (χ0n) is 15.4. The van der Waals surface area contributed by atoms with Gasteiger partial charge in [-0.25, -0.2) is 0 Å². The van der Waals surface area contributed by atoms with Crippen LogP contribution >= 0.6 is 11.6 Å². The highest BCUT2D eigenvalue weighted by Gasteiger charge is 2.18. The molecule has 0 fully saturated rings. The molecule has 152 valence electrons. The van der Waals surface area contributed by atoms with Gasteiger partial charge < -0.3 is 20.1 Å². The largest absolute Gasteiger partial charge is 0.486 e. The molecule has 2 N–H and O–H groups in total. The summed E-state index contributed by atoms with van der Waals surface area (Å²) in [6, 6.07) is 8.75. The lowest BCUT2D eigenvalue weighted by molar-refractivity contribution is -0.384. The summed E-state index contributed by atoms with van der Waals surface area (Å²) < 4.78 is 11.0. The van der Waals surface area contributed by atoms with Crippen LogP contribution in [0.15, 0.2) is 36.4 Å². The predicted octanol–water partition coefficient (Wildman–Crippen LogP) is 2.63. The maximum Gasteiger partial charge on any atom is 0.288 e. The monoisotopic (exact) mass is 419 g/mol. The van der Waals surface area contributed by atoms with Crippen LogP contribution in [0.1, 0.15) is 28.9 Å². The smallest absolute Gasteiger partial charge is 0.288 e. The number of benzene rings is 2. The van der Waals surface area contributed by atoms with Crippen molar-refractivity contribution in [2.45, 2.75) is 13.0 Å². The van der Waals surface area contributed by atoms with Crippen molar-refractivity contribution in [2.24, 2.45) is 0 Å². The van der Waals surface area contributed by atoms with E-state index in [0.29, 0.717) is 24.7 Å². The molecule has 2 aromatic rings. The molecule has 3 rings (SSSR count). The van der Waals surface area contributed by atoms with Crippen LogP contribution in [0.3, 0.4) is 0 Å². The van der Waals surface area contributed by atoms with Gasteiger partial charge in [0.25, 0.3) is 11.6 Å². The van der Waals surface area contributed by atoms with Gasteiger partial charge >= 0.3 is 0 Å². The molecule has 1 aliphatic heterocycles. The molecule has 2 amide bonds. The van der Waals surface area contributed by atoms with E-state index in [1.54, 1.807) is 19.1 Å². The van der Waals surface area contributed by atoms with E-state index < -0.39 is 16.7 Å². The minimum absolute atomic E-state index is 0.0359. The van der Waals surface area contributed by atoms with Crippen molar-refractivity contribution in [3.8, 4) is 11.5 Å². The molecule has 1 aliphatic rings. The van der Waals surface area contributed by atoms with Crippen LogP contribution in [-0.4, -0.2) is 36.5 Å². The van der Waals surface area contributed by atoms with Gasteiger partial charge in [0.1, 0.15) is 18.2 Å². The molecule has 10 heteroatoms. The van der Waals surface area contributed by atoms with Crippen LogP contribution in [0.4, 0.5) is 5.69 Å². The maximum absolute atomic E-state index is 12.2. The highest BCUT2D eigenvalue weighted by atomic mass is 35.5. The lowest BCUT2D eigenvalue weighted by Crippen LogP contribution is -2.38. The van der Waals surface area contributed by atoms with Crippen LogP contribution < -0.4 is 20.1 Å². The van der Waals surface area contributed by atoms with Gasteiger partial charge in [-0.3, -0.25) is 19.7 Å². The fraction of sp³-hybridized carbons (Fsp3) is 0.263. The summed E-state index contributed by atoms with van der Waals surface area (Å²) >= 11 is 5.73. The van der Waals surface area contributed by atoms with Gasteiger partial charge in [-0.1, -0.05) is 17.7 Å². The van der Waals surface area contributed by atoms with E-state index in [9.17, 15) is 19.7 Å². The number of hydrogen-bond acceptors (Lipinski definition) is 6. The van der Waals surface area contributed by atoms with Crippen molar-refractivity contribution in [3.63, 3.8) is 0 Å². The van der Waals surface area contributed by atoms with E-state index in [2.05, 4.69) is 10.6 Å². The molecule has 0 spiro atoms. The van der Waals surface area contributed by atoms with Crippen molar-refractivity contribution < 1.29 is 24.0 Å². The number of rotatable bonds is 6. The zero-order chi connectivity index (χ0) is 21.0. The Kier molecular flexibility index (Phi) is 6.18. The number of halogens is 1. The summed E-state index contributed by atoms with van der Waals surface area (Å²) in [5.41, 5.74) is 0.479. The Bertz CT molecular complexity index is 965. The molecular formula is C19H18ClN3O6. The summed E-state index contributed by atoms with van der Waals surface area (Å²) in [5.74, 6) is 0.242. The average Bonchev–Trinajstić information content (AvgIpc) is 2.71. The molecule has 1 unspecified atom stereocenters. The molecule has 29 heavy (non-hydrogen) atoms. The Morgan fingerprint density at radius 1 is 1.17 bits per heavy atom. The van der Waals surface area contributed by atoms with Gasteiger partial charge in [0, 0.05) is 11.6 Å². The Morgan fingerprint density at radius 3 is 2.62 bits per heavy atom. The first kappa shape index (κ1) is 20.4. The molecule has 9 nitrogen and oxygen atoms in total. The second-order valence-corrected chi connectivity index (χ2v) is 6.71. The number of hydrogen-bond donors (Lipinski definition) is 2. The quantitative estimate of drug-likeness (QED) is 0.548. The van der Waals surface area contributed by atoms with Gasteiger partial charge in [0.2, 0.25) is 5.91 Å². The average molecular weight is 420 g/mol. The minimum atomic E-state index is -0.680. The molecule has 0 aromatic heterocycles. The van der Waals surface area contributed by atoms with E-state index in [-0.39, 0.29) is 28.9 Å². The molecule has 0 bridgehead atoms. The van der Waals surface area contributed by atoms with Crippen LogP contribution in [0.2, 0.25) is 5.02 Å². The van der Waals surface area contributed by atoms with E-state index in [1.807, 2.05) is 6.07 Å². The fourth-order valence-electron chi connectivity index (χ4n) is 2.76. The Labute approximate surface area is 171 Å². The van der Waals surface area contributed by atoms with Gasteiger partial charge in [-0.2, -0.15) is 0 Å². The molecule has 1 atom stereocenters. The number of amides is 2. The fourth-order valence-corrected chi connectivity index (χ4v) is 2.95. The first-order valence-electron chi connectivity index (χ1n) is 8.76. The Hall–Kier alpha value is -3.33. The van der Waals surface area contributed by atoms with Crippen LogP contribution in [0, 0.1) is 10.1 Å². The van der Waals surface area contributed by atoms with E-state index in [0.717, 1.165) is 11.6 Å². The van der Waals surface area contributed by atoms with Gasteiger partial charge in [0.15, 0.2) is 11.5 Å². The van der Waals surface area contributed by atoms with Crippen molar-refractivity contribution in [2.75, 3.05) is 19.8 Å². The number of nitro groups is 1. The number of nitrogens with one attached hydrogen (secondary N) is 2. The Balaban J connectivity index is 1.56. The van der Waals surface area contributed by atoms with Crippen molar-refractivity contribution in [3.05, 3.63) is 62.7 Å². The molecule has 2 aromatic carbocycles. The summed E-state index contributed by atoms with van der Waals surface area (Å²) in [6.45, 7) is 2.47. The first-order valence-corrected chi connectivity index (χ1v) is 9.14. The number of carbonyl (C=O) groups excluding carboxylic acids is 2. The van der Waals surface area contributed by atoms with Gasteiger partial charge in [-0.15, -0.1) is 0 Å². The van der Waals surface area contributed by atoms with Gasteiger partial charge in [0.05, 0.1) is 17.5 Å². The summed E-state index contributed by atoms with van der Waals surface area (Å²) in [7, 11) is 0. The normalized spacial score (nSPS) is 13.3. The number of nitro benzene ring substituents is 1. The molecule has 0 aliphatic carbocycles. The molecule has 1 heterocycles. The second-order valence-electron chi connectivity index (χ2n) is 6.30. The predicted molar refractivity (Wildman–Crippen MR) is 104 cm³/mol. The standard InChI is InChI=1S/C19H18ClN3O6/c1-11(12-3-5-16-17(9-12)29-7-6-28-16)22-18(24)10-21-19(25)13-2-4-14(20)15(8-13)23(26)27/h2-5,8-9,11H,6-7,10H2,1H3,(H,21,25)(H,22,24). The number of carbonyl (C=O) groups is 2. The van der Waals surface area contributed by atoms with E-state index in [1.165, 1.54) is 12.1 Å². The third-order valence-electron chi connectivity index (χ3n) is 4.26. The highest BCUT2D eigenvalue weighted by Crippen LogP contribution is 2.32. The van der Waals surface area contributed by atoms with Crippen LogP contribution in [-0.2, 0) is 4.79 Å². The summed E-state index contributed by atoms with van der Waals surface area (Å²) in [5, 5.41) is 16.0. The zero-order valence-corrected chi connectivity index (χ0v) is 16.2. The van der Waals surface area contributed by atoms with E-state index >= 15 is 0 Å². The van der Waals surface area contributed by atoms with Crippen molar-refractivity contribution >= 4 is 29.1 Å². The number of fused-ring (bicyclic) bond motifs is 1. The number of nitrogens with zero attached hydrogens (tertiary/aromatic N) is 1.